The summed E-state index contributed by atoms with van der Waals surface area (Å²) < 4.78 is 6.24. The summed E-state index contributed by atoms with van der Waals surface area (Å²) >= 11 is 3.31. The minimum atomic E-state index is -0.456. The number of carbonyl (C=O) groups excluding carboxylic acids is 1. The first kappa shape index (κ1) is 12.0. The Labute approximate surface area is 106 Å². The number of benzene rings is 1. The largest absolute Gasteiger partial charge is 0.493 e. The highest BCUT2D eigenvalue weighted by Crippen LogP contribution is 2.38. The van der Waals surface area contributed by atoms with Gasteiger partial charge in [-0.25, -0.2) is 0 Å². The van der Waals surface area contributed by atoms with Gasteiger partial charge in [-0.15, -0.1) is 0 Å². The van der Waals surface area contributed by atoms with Gasteiger partial charge < -0.3 is 9.53 Å². The van der Waals surface area contributed by atoms with Crippen molar-refractivity contribution in [1.29, 1.82) is 0 Å². The Kier molecular flexibility index (Phi) is 3.42. The van der Waals surface area contributed by atoms with Crippen molar-refractivity contribution in [3.63, 3.8) is 0 Å². The fourth-order valence-electron chi connectivity index (χ4n) is 2.00. The smallest absolute Gasteiger partial charge is 0.211 e. The van der Waals surface area contributed by atoms with E-state index in [2.05, 4.69) is 15.9 Å². The zero-order valence-electron chi connectivity index (χ0n) is 8.84. The molecule has 0 N–H and O–H groups in total. The summed E-state index contributed by atoms with van der Waals surface area (Å²) in [5.41, 5.74) is 0.722. The molecule has 0 saturated carbocycles. The van der Waals surface area contributed by atoms with E-state index in [1.165, 1.54) is 0 Å². The Morgan fingerprint density at radius 2 is 2.35 bits per heavy atom. The van der Waals surface area contributed by atoms with Crippen LogP contribution in [0.5, 0.6) is 5.75 Å². The molecule has 90 valence electrons. The minimum absolute atomic E-state index is 0.205. The first-order valence-corrected chi connectivity index (χ1v) is 5.90. The molecular formula is C11H10BrNO4. The van der Waals surface area contributed by atoms with E-state index in [1.54, 1.807) is 12.1 Å². The van der Waals surface area contributed by atoms with Crippen LogP contribution in [0, 0.1) is 16.0 Å². The normalized spacial score (nSPS) is 22.4. The van der Waals surface area contributed by atoms with Crippen LogP contribution >= 0.6 is 15.9 Å². The van der Waals surface area contributed by atoms with Gasteiger partial charge in [0, 0.05) is 15.0 Å². The third-order valence-electron chi connectivity index (χ3n) is 2.84. The van der Waals surface area contributed by atoms with E-state index in [0.29, 0.717) is 5.75 Å². The van der Waals surface area contributed by atoms with Gasteiger partial charge in [0.25, 0.3) is 0 Å². The summed E-state index contributed by atoms with van der Waals surface area (Å²) in [6.07, 6.45) is 0.734. The summed E-state index contributed by atoms with van der Waals surface area (Å²) in [5, 5.41) is 10.7. The highest BCUT2D eigenvalue weighted by molar-refractivity contribution is 9.10. The standard InChI is InChI=1S/C11H10BrNO4/c12-8-1-2-11-9(3-8)10(4-13(15)16)7(5-14)6-17-11/h1-3,5,7,10H,4,6H2/t7-,10+/m0/s1. The van der Waals surface area contributed by atoms with E-state index in [9.17, 15) is 14.9 Å². The third kappa shape index (κ3) is 2.46. The molecule has 5 nitrogen and oxygen atoms in total. The summed E-state index contributed by atoms with van der Waals surface area (Å²) in [7, 11) is 0. The number of rotatable bonds is 3. The van der Waals surface area contributed by atoms with E-state index in [0.717, 1.165) is 16.3 Å². The van der Waals surface area contributed by atoms with Gasteiger partial charge in [-0.3, -0.25) is 10.1 Å². The van der Waals surface area contributed by atoms with Crippen LogP contribution in [-0.4, -0.2) is 24.4 Å². The Morgan fingerprint density at radius 3 is 3.00 bits per heavy atom. The van der Waals surface area contributed by atoms with E-state index in [-0.39, 0.29) is 13.2 Å². The molecule has 17 heavy (non-hydrogen) atoms. The highest BCUT2D eigenvalue weighted by Gasteiger charge is 2.34. The Hall–Kier alpha value is -1.43. The van der Waals surface area contributed by atoms with Crippen molar-refractivity contribution in [2.45, 2.75) is 5.92 Å². The minimum Gasteiger partial charge on any atom is -0.493 e. The second kappa shape index (κ2) is 4.83. The summed E-state index contributed by atoms with van der Waals surface area (Å²) in [4.78, 5) is 21.2. The lowest BCUT2D eigenvalue weighted by atomic mass is 9.85. The van der Waals surface area contributed by atoms with Crippen LogP contribution in [0.4, 0.5) is 0 Å². The van der Waals surface area contributed by atoms with Crippen LogP contribution in [-0.2, 0) is 4.79 Å². The van der Waals surface area contributed by atoms with Crippen LogP contribution in [0.3, 0.4) is 0 Å². The van der Waals surface area contributed by atoms with Crippen LogP contribution in [0.1, 0.15) is 11.5 Å². The molecular weight excluding hydrogens is 290 g/mol. The van der Waals surface area contributed by atoms with Gasteiger partial charge in [0.1, 0.15) is 12.0 Å². The van der Waals surface area contributed by atoms with E-state index in [1.807, 2.05) is 6.07 Å². The molecule has 0 amide bonds. The number of halogens is 1. The van der Waals surface area contributed by atoms with E-state index >= 15 is 0 Å². The van der Waals surface area contributed by atoms with Crippen molar-refractivity contribution >= 4 is 22.2 Å². The quantitative estimate of drug-likeness (QED) is 0.486. The molecule has 1 heterocycles. The van der Waals surface area contributed by atoms with Crippen LogP contribution in [0.2, 0.25) is 0 Å². The molecule has 0 spiro atoms. The van der Waals surface area contributed by atoms with E-state index < -0.39 is 16.8 Å². The molecule has 2 atom stereocenters. The number of ether oxygens (including phenoxy) is 1. The number of nitrogens with zero attached hydrogens (tertiary/aromatic N) is 1. The molecule has 1 aliphatic heterocycles. The molecule has 0 aliphatic carbocycles. The zero-order valence-corrected chi connectivity index (χ0v) is 10.4. The lowest BCUT2D eigenvalue weighted by Crippen LogP contribution is -2.31. The van der Waals surface area contributed by atoms with Crippen molar-refractivity contribution in [1.82, 2.24) is 0 Å². The molecule has 0 radical (unpaired) electrons. The number of nitro groups is 1. The molecule has 0 unspecified atom stereocenters. The SMILES string of the molecule is O=C[C@H]1COc2ccc(Br)cc2[C@@H]1C[N+](=O)[O-]. The second-order valence-electron chi connectivity index (χ2n) is 3.91. The van der Waals surface area contributed by atoms with Gasteiger partial charge in [0.05, 0.1) is 18.4 Å². The molecule has 0 saturated heterocycles. The maximum absolute atomic E-state index is 10.9. The summed E-state index contributed by atoms with van der Waals surface area (Å²) in [5.74, 6) is -0.246. The molecule has 6 heteroatoms. The number of hydrogen-bond donors (Lipinski definition) is 0. The summed E-state index contributed by atoms with van der Waals surface area (Å²) in [6, 6.07) is 5.34. The maximum atomic E-state index is 10.9. The van der Waals surface area contributed by atoms with Gasteiger partial charge in [0.2, 0.25) is 6.54 Å². The van der Waals surface area contributed by atoms with Crippen molar-refractivity contribution in [2.24, 2.45) is 5.92 Å². The molecule has 1 aliphatic rings. The van der Waals surface area contributed by atoms with Gasteiger partial charge in [0.15, 0.2) is 0 Å². The molecule has 0 bridgehead atoms. The predicted octanol–water partition coefficient (Wildman–Crippen LogP) is 2.02. The lowest BCUT2D eigenvalue weighted by molar-refractivity contribution is -0.484. The first-order valence-electron chi connectivity index (χ1n) is 5.11. The van der Waals surface area contributed by atoms with Crippen LogP contribution in [0.15, 0.2) is 22.7 Å². The van der Waals surface area contributed by atoms with Gasteiger partial charge in [-0.2, -0.15) is 0 Å². The fourth-order valence-corrected chi connectivity index (χ4v) is 2.38. The monoisotopic (exact) mass is 299 g/mol. The molecule has 0 aromatic heterocycles. The van der Waals surface area contributed by atoms with Crippen LogP contribution in [0.25, 0.3) is 0 Å². The van der Waals surface area contributed by atoms with Gasteiger partial charge in [-0.05, 0) is 18.2 Å². The van der Waals surface area contributed by atoms with E-state index in [4.69, 9.17) is 4.74 Å². The number of aldehydes is 1. The highest BCUT2D eigenvalue weighted by atomic mass is 79.9. The molecule has 0 fully saturated rings. The fraction of sp³-hybridized carbons (Fsp3) is 0.364. The van der Waals surface area contributed by atoms with Crippen molar-refractivity contribution < 1.29 is 14.5 Å². The first-order chi connectivity index (χ1) is 8.11. The Bertz CT molecular complexity index is 463. The summed E-state index contributed by atoms with van der Waals surface area (Å²) in [6.45, 7) is -0.0488. The average molecular weight is 300 g/mol. The van der Waals surface area contributed by atoms with Crippen LogP contribution < -0.4 is 4.74 Å². The van der Waals surface area contributed by atoms with Crippen molar-refractivity contribution in [2.75, 3.05) is 13.2 Å². The van der Waals surface area contributed by atoms with Gasteiger partial charge >= 0.3 is 0 Å². The maximum Gasteiger partial charge on any atom is 0.211 e. The van der Waals surface area contributed by atoms with Gasteiger partial charge in [-0.1, -0.05) is 15.9 Å². The number of carbonyl (C=O) groups is 1. The third-order valence-corrected chi connectivity index (χ3v) is 3.33. The topological polar surface area (TPSA) is 69.4 Å². The second-order valence-corrected chi connectivity index (χ2v) is 4.83. The predicted molar refractivity (Wildman–Crippen MR) is 63.8 cm³/mol. The number of fused-ring (bicyclic) bond motifs is 1. The lowest BCUT2D eigenvalue weighted by Gasteiger charge is -2.28. The molecule has 2 rings (SSSR count). The average Bonchev–Trinajstić information content (AvgIpc) is 2.29. The molecule has 1 aromatic rings. The van der Waals surface area contributed by atoms with Crippen molar-refractivity contribution in [3.05, 3.63) is 38.3 Å². The molecule has 1 aromatic carbocycles. The Balaban J connectivity index is 2.41. The number of hydrogen-bond acceptors (Lipinski definition) is 4. The van der Waals surface area contributed by atoms with Crippen molar-refractivity contribution in [3.8, 4) is 5.75 Å². The zero-order chi connectivity index (χ0) is 12.4. The Morgan fingerprint density at radius 1 is 1.59 bits per heavy atom.